The maximum atomic E-state index is 12.4. The summed E-state index contributed by atoms with van der Waals surface area (Å²) in [6.07, 6.45) is 4.54. The number of aromatic nitrogens is 9. The van der Waals surface area contributed by atoms with E-state index in [0.717, 1.165) is 169 Å². The van der Waals surface area contributed by atoms with E-state index in [-0.39, 0.29) is 51.3 Å². The summed E-state index contributed by atoms with van der Waals surface area (Å²) in [6.45, 7) is 25.1. The monoisotopic (exact) mass is 1730 g/mol. The molecule has 0 unspecified atom stereocenters. The van der Waals surface area contributed by atoms with Gasteiger partial charge in [0, 0.05) is 69.1 Å². The number of hydrogen-bond acceptors (Lipinski definition) is 16. The SMILES string of the molecule is Brc1c(-c2ccccc2)nc2n1-c1cccnc1Nc1ccccc1-2.C.C.C[C@H](N)c1ccc(-c2c(-c3ccccc3)nc3n2-c2cccnc2Nc2ccccc2-3)cc1.C[C@H](NC(=O)OC(C)(C)C)c1ccc(-c2c(-c3ccccc3)nc3n2-c2cccnc2Nc2ccccc2-3)cc1.C[C@H](NC(=O)OC(C)(C)C)c1ccc(B2OC(C)(C)C(C)(C)O2)cc1. The molecule has 10 heterocycles. The third kappa shape index (κ3) is 18.7. The van der Waals surface area contributed by atoms with Crippen molar-refractivity contribution in [3.05, 3.63) is 313 Å². The molecule has 634 valence electrons. The molecule has 0 radical (unpaired) electrons. The number of fused-ring (bicyclic) bond motifs is 15. The lowest BCUT2D eigenvalue weighted by atomic mass is 9.78. The Balaban J connectivity index is 0.000000137. The second kappa shape index (κ2) is 36.5. The molecule has 2 amide bonds. The largest absolute Gasteiger partial charge is 0.494 e. The lowest BCUT2D eigenvalue weighted by molar-refractivity contribution is 0.00578. The van der Waals surface area contributed by atoms with Gasteiger partial charge in [0.1, 0.15) is 39.0 Å². The number of carbonyl (C=O) groups excluding carboxylic acids is 2. The van der Waals surface area contributed by atoms with Gasteiger partial charge in [-0.25, -0.2) is 39.5 Å². The number of benzene rings is 9. The first-order chi connectivity index (χ1) is 59.1. The van der Waals surface area contributed by atoms with Crippen molar-refractivity contribution in [3.63, 3.8) is 0 Å². The van der Waals surface area contributed by atoms with Gasteiger partial charge in [-0.05, 0) is 201 Å². The standard InChI is InChI=1S/C33H31N5O2.C28H23N5.C20H13BrN4.C19H30BNO4.2CH4/c1-21(35-32(39)40-33(2,3)4)22-16-18-24(19-17-22)29-28(23-11-6-5-7-12-23)37-31-25-13-8-9-14-26(25)36-30-27(38(29)31)15-10-20-34-30;1-18(29)19-13-15-21(16-14-19)26-25(20-8-3-2-4-9-20)32-28-22-10-5-6-11-23(22)31-27-24(33(26)28)12-7-17-30-27;21-18-17(13-7-2-1-3-8-13)24-20-14-9-4-5-10-15(14)23-19-16(25(18)20)11-6-12-22-19;1-13(21-16(22)23-17(2,3)4)14-9-11-15(12-10-14)20-24-18(5,6)19(7,8)25-20;;/h5-21H,1-4H3,(H,34,36)(H,35,39);2-18H,29H2,1H3,(H,30,31);1-12H,(H,22,23);9-13H,1-8H3,(H,21,22);2*1H4/t21-;18-;;13-;;/m00.0../s1. The van der Waals surface area contributed by atoms with Gasteiger partial charge in [0.05, 0.1) is 80.2 Å². The zero-order valence-corrected chi connectivity index (χ0v) is 72.5. The van der Waals surface area contributed by atoms with Crippen molar-refractivity contribution < 1.29 is 28.4 Å². The number of ether oxygens (including phenoxy) is 2. The van der Waals surface area contributed by atoms with Crippen molar-refractivity contribution in [2.45, 2.75) is 145 Å². The van der Waals surface area contributed by atoms with E-state index in [4.69, 9.17) is 39.5 Å². The van der Waals surface area contributed by atoms with Crippen molar-refractivity contribution in [3.8, 4) is 108 Å². The summed E-state index contributed by atoms with van der Waals surface area (Å²) in [7, 11) is -0.381. The molecule has 1 fully saturated rings. The van der Waals surface area contributed by atoms with E-state index in [9.17, 15) is 9.59 Å². The number of anilines is 6. The Morgan fingerprint density at radius 3 is 1.08 bits per heavy atom. The highest BCUT2D eigenvalue weighted by atomic mass is 79.9. The Morgan fingerprint density at radius 1 is 0.408 bits per heavy atom. The molecule has 15 aromatic rings. The minimum atomic E-state index is -0.556. The molecule has 0 bridgehead atoms. The van der Waals surface area contributed by atoms with Crippen molar-refractivity contribution in [2.24, 2.45) is 5.73 Å². The molecule has 0 saturated carbocycles. The zero-order chi connectivity index (χ0) is 86.1. The number of pyridine rings is 3. The molecule has 125 heavy (non-hydrogen) atoms. The number of rotatable bonds is 11. The Kier molecular flexibility index (Phi) is 25.6. The smallest absolute Gasteiger partial charge is 0.444 e. The van der Waals surface area contributed by atoms with Crippen molar-refractivity contribution in [1.29, 1.82) is 0 Å². The molecule has 6 aromatic heterocycles. The fourth-order valence-corrected chi connectivity index (χ4v) is 15.8. The molecule has 1 saturated heterocycles. The summed E-state index contributed by atoms with van der Waals surface area (Å²) in [5, 5.41) is 16.2. The fourth-order valence-electron chi connectivity index (χ4n) is 15.1. The second-order valence-corrected chi connectivity index (χ2v) is 34.3. The maximum absolute atomic E-state index is 12.4. The van der Waals surface area contributed by atoms with Crippen LogP contribution in [0.4, 0.5) is 44.1 Å². The maximum Gasteiger partial charge on any atom is 0.494 e. The molecule has 0 spiro atoms. The minimum Gasteiger partial charge on any atom is -0.444 e. The van der Waals surface area contributed by atoms with Crippen LogP contribution in [-0.2, 0) is 18.8 Å². The summed E-state index contributed by atoms with van der Waals surface area (Å²) >= 11 is 3.78. The third-order valence-corrected chi connectivity index (χ3v) is 22.6. The lowest BCUT2D eigenvalue weighted by Crippen LogP contribution is -2.41. The number of carbonyl (C=O) groups is 2. The molecule has 21 nitrogen and oxygen atoms in total. The first-order valence-electron chi connectivity index (χ1n) is 41.2. The molecule has 4 aliphatic rings. The molecule has 23 heteroatoms. The van der Waals surface area contributed by atoms with E-state index in [0.29, 0.717) is 0 Å². The number of nitrogens with one attached hydrogen (secondary N) is 5. The van der Waals surface area contributed by atoms with Gasteiger partial charge in [-0.3, -0.25) is 13.7 Å². The van der Waals surface area contributed by atoms with Crippen LogP contribution in [-0.4, -0.2) is 85.3 Å². The van der Waals surface area contributed by atoms with Crippen molar-refractivity contribution >= 4 is 75.2 Å². The molecule has 0 aliphatic carbocycles. The first kappa shape index (κ1) is 87.8. The van der Waals surface area contributed by atoms with E-state index in [1.165, 1.54) is 0 Å². The molecular weight excluding hydrogens is 1620 g/mol. The number of nitrogens with zero attached hydrogens (tertiary/aromatic N) is 9. The fraction of sp³-hybridized carbons (Fsp3) is 0.216. The predicted molar refractivity (Wildman–Crippen MR) is 509 cm³/mol. The van der Waals surface area contributed by atoms with E-state index < -0.39 is 23.4 Å². The molecule has 4 aliphatic heterocycles. The Morgan fingerprint density at radius 2 is 0.720 bits per heavy atom. The number of alkyl carbamates (subject to hydrolysis) is 2. The normalized spacial score (nSPS) is 13.8. The number of para-hydroxylation sites is 3. The van der Waals surface area contributed by atoms with Crippen LogP contribution in [0.25, 0.3) is 108 Å². The Labute approximate surface area is 740 Å². The quantitative estimate of drug-likeness (QED) is 0.0659. The summed E-state index contributed by atoms with van der Waals surface area (Å²) < 4.78 is 30.3. The summed E-state index contributed by atoms with van der Waals surface area (Å²) in [5.41, 5.74) is 27.2. The Hall–Kier alpha value is -13.6. The average Bonchev–Trinajstić information content (AvgIpc) is 1.59. The molecular formula is C102H105BBrN15O6. The van der Waals surface area contributed by atoms with Crippen LogP contribution in [0.1, 0.15) is 140 Å². The van der Waals surface area contributed by atoms with Gasteiger partial charge in [-0.15, -0.1) is 0 Å². The van der Waals surface area contributed by atoms with E-state index in [1.807, 2.05) is 260 Å². The minimum absolute atomic E-state index is 0. The zero-order valence-electron chi connectivity index (χ0n) is 71.0. The van der Waals surface area contributed by atoms with Crippen LogP contribution >= 0.6 is 15.9 Å². The van der Waals surface area contributed by atoms with Gasteiger partial charge in [-0.1, -0.05) is 215 Å². The second-order valence-electron chi connectivity index (χ2n) is 33.6. The number of halogens is 1. The van der Waals surface area contributed by atoms with Crippen LogP contribution in [0.2, 0.25) is 0 Å². The van der Waals surface area contributed by atoms with Gasteiger partial charge in [0.2, 0.25) is 0 Å². The van der Waals surface area contributed by atoms with E-state index >= 15 is 0 Å². The number of imidazole rings is 3. The predicted octanol–water partition coefficient (Wildman–Crippen LogP) is 24.5. The number of amides is 2. The van der Waals surface area contributed by atoms with Crippen LogP contribution in [0.3, 0.4) is 0 Å². The van der Waals surface area contributed by atoms with Crippen LogP contribution < -0.4 is 37.8 Å². The first-order valence-corrected chi connectivity index (χ1v) is 42.0. The Bertz CT molecular complexity index is 6330. The average molecular weight is 1730 g/mol. The highest BCUT2D eigenvalue weighted by Crippen LogP contribution is 2.49. The number of nitrogens with two attached hydrogens (primary N) is 1. The van der Waals surface area contributed by atoms with Gasteiger partial charge in [0.25, 0.3) is 0 Å². The van der Waals surface area contributed by atoms with Gasteiger partial charge in [0.15, 0.2) is 17.5 Å². The highest BCUT2D eigenvalue weighted by Gasteiger charge is 2.52. The summed E-state index contributed by atoms with van der Waals surface area (Å²) in [6, 6.07) is 91.6. The number of hydrogen-bond donors (Lipinski definition) is 6. The van der Waals surface area contributed by atoms with Crippen LogP contribution in [0, 0.1) is 0 Å². The summed E-state index contributed by atoms with van der Waals surface area (Å²) in [5.74, 6) is 4.99. The molecule has 7 N–H and O–H groups in total. The molecule has 9 aromatic carbocycles. The molecule has 19 rings (SSSR count). The topological polar surface area (TPSA) is 249 Å². The van der Waals surface area contributed by atoms with Crippen LogP contribution in [0.5, 0.6) is 0 Å². The third-order valence-electron chi connectivity index (χ3n) is 21.9. The van der Waals surface area contributed by atoms with E-state index in [2.05, 4.69) is 180 Å². The van der Waals surface area contributed by atoms with Gasteiger partial charge >= 0.3 is 19.3 Å². The lowest BCUT2D eigenvalue weighted by Gasteiger charge is -2.32. The highest BCUT2D eigenvalue weighted by molar-refractivity contribution is 9.10. The van der Waals surface area contributed by atoms with E-state index in [1.54, 1.807) is 12.4 Å². The molecule has 3 atom stereocenters. The van der Waals surface area contributed by atoms with Crippen molar-refractivity contribution in [1.82, 2.24) is 54.2 Å². The van der Waals surface area contributed by atoms with Gasteiger partial charge < -0.3 is 51.1 Å². The van der Waals surface area contributed by atoms with Gasteiger partial charge in [-0.2, -0.15) is 0 Å². The summed E-state index contributed by atoms with van der Waals surface area (Å²) in [4.78, 5) is 53.5. The van der Waals surface area contributed by atoms with Crippen molar-refractivity contribution in [2.75, 3.05) is 16.0 Å². The van der Waals surface area contributed by atoms with Crippen LogP contribution in [0.15, 0.2) is 296 Å².